The Bertz CT molecular complexity index is 1300. The number of nitrogens with zero attached hydrogens (tertiary/aromatic N) is 2. The van der Waals surface area contributed by atoms with Crippen LogP contribution in [0.5, 0.6) is 5.88 Å². The minimum Gasteiger partial charge on any atom is -0.493 e. The molecule has 1 heterocycles. The second-order valence-corrected chi connectivity index (χ2v) is 6.80. The molecule has 0 aliphatic carbocycles. The maximum Gasteiger partial charge on any atom is 0.344 e. The molecule has 0 radical (unpaired) electrons. The number of esters is 2. The number of hydrogen-bond acceptors (Lipinski definition) is 7. The van der Waals surface area contributed by atoms with E-state index in [1.54, 1.807) is 37.3 Å². The van der Waals surface area contributed by atoms with Gasteiger partial charge in [0.2, 0.25) is 5.88 Å². The van der Waals surface area contributed by atoms with E-state index < -0.39 is 23.4 Å². The van der Waals surface area contributed by atoms with Gasteiger partial charge in [-0.1, -0.05) is 42.0 Å². The number of carbonyl (C=O) groups excluding carboxylic acids is 2. The SMILES string of the molecule is CCOC(=O)c1c(-c2ccc(C)cc2)c(C#N)c(=O)n(-c2ccccc2C(=O)OC)c1O. The number of nitriles is 1. The molecule has 0 unspecified atom stereocenters. The Labute approximate surface area is 183 Å². The third kappa shape index (κ3) is 3.84. The maximum absolute atomic E-state index is 13.4. The summed E-state index contributed by atoms with van der Waals surface area (Å²) < 4.78 is 10.6. The number of ether oxygens (including phenoxy) is 2. The smallest absolute Gasteiger partial charge is 0.344 e. The molecule has 0 aliphatic rings. The molecule has 0 bridgehead atoms. The van der Waals surface area contributed by atoms with E-state index in [0.717, 1.165) is 10.1 Å². The number of aromatic nitrogens is 1. The summed E-state index contributed by atoms with van der Waals surface area (Å²) >= 11 is 0. The van der Waals surface area contributed by atoms with Crippen molar-refractivity contribution < 1.29 is 24.2 Å². The Hall–Kier alpha value is -4.38. The highest BCUT2D eigenvalue weighted by Crippen LogP contribution is 2.34. The Morgan fingerprint density at radius 1 is 1.09 bits per heavy atom. The molecule has 3 aromatic rings. The normalized spacial score (nSPS) is 10.3. The molecule has 8 nitrogen and oxygen atoms in total. The van der Waals surface area contributed by atoms with Crippen LogP contribution in [0.25, 0.3) is 16.8 Å². The molecule has 1 N–H and O–H groups in total. The fraction of sp³-hybridized carbons (Fsp3) is 0.167. The van der Waals surface area contributed by atoms with Gasteiger partial charge in [-0.2, -0.15) is 5.26 Å². The molecular formula is C24H20N2O6. The summed E-state index contributed by atoms with van der Waals surface area (Å²) in [5.41, 5.74) is -0.440. The lowest BCUT2D eigenvalue weighted by atomic mass is 9.95. The summed E-state index contributed by atoms with van der Waals surface area (Å²) in [7, 11) is 1.17. The number of benzene rings is 2. The highest BCUT2D eigenvalue weighted by molar-refractivity contribution is 6.01. The summed E-state index contributed by atoms with van der Waals surface area (Å²) in [4.78, 5) is 38.5. The van der Waals surface area contributed by atoms with Gasteiger partial charge in [-0.3, -0.25) is 4.79 Å². The molecule has 0 saturated heterocycles. The molecule has 162 valence electrons. The van der Waals surface area contributed by atoms with E-state index in [1.165, 1.54) is 25.3 Å². The van der Waals surface area contributed by atoms with Crippen molar-refractivity contribution in [3.05, 3.63) is 81.1 Å². The molecule has 0 atom stereocenters. The Kier molecular flexibility index (Phi) is 6.40. The molecule has 0 aliphatic heterocycles. The molecule has 0 spiro atoms. The van der Waals surface area contributed by atoms with Crippen molar-refractivity contribution in [1.82, 2.24) is 4.57 Å². The topological polar surface area (TPSA) is 119 Å². The van der Waals surface area contributed by atoms with Gasteiger partial charge in [0.05, 0.1) is 25.0 Å². The predicted octanol–water partition coefficient (Wildman–Crippen LogP) is 3.35. The maximum atomic E-state index is 13.4. The first kappa shape index (κ1) is 22.3. The van der Waals surface area contributed by atoms with Crippen LogP contribution in [0, 0.1) is 18.3 Å². The summed E-state index contributed by atoms with van der Waals surface area (Å²) in [5.74, 6) is -2.42. The van der Waals surface area contributed by atoms with E-state index in [-0.39, 0.29) is 34.5 Å². The van der Waals surface area contributed by atoms with E-state index >= 15 is 0 Å². The molecule has 0 fully saturated rings. The number of hydrogen-bond donors (Lipinski definition) is 1. The van der Waals surface area contributed by atoms with Gasteiger partial charge in [-0.15, -0.1) is 0 Å². The van der Waals surface area contributed by atoms with Crippen molar-refractivity contribution >= 4 is 11.9 Å². The van der Waals surface area contributed by atoms with Crippen LogP contribution in [0.1, 0.15) is 38.8 Å². The number of rotatable bonds is 5. The van der Waals surface area contributed by atoms with Gasteiger partial charge >= 0.3 is 11.9 Å². The van der Waals surface area contributed by atoms with Gasteiger partial charge in [0.15, 0.2) is 0 Å². The lowest BCUT2D eigenvalue weighted by molar-refractivity contribution is 0.0522. The molecule has 32 heavy (non-hydrogen) atoms. The van der Waals surface area contributed by atoms with Gasteiger partial charge in [0, 0.05) is 5.56 Å². The van der Waals surface area contributed by atoms with Crippen LogP contribution in [0.2, 0.25) is 0 Å². The van der Waals surface area contributed by atoms with Crippen LogP contribution in [0.15, 0.2) is 53.3 Å². The Morgan fingerprint density at radius 2 is 1.75 bits per heavy atom. The lowest BCUT2D eigenvalue weighted by Crippen LogP contribution is -2.27. The zero-order valence-corrected chi connectivity index (χ0v) is 17.7. The number of aryl methyl sites for hydroxylation is 1. The monoisotopic (exact) mass is 432 g/mol. The fourth-order valence-corrected chi connectivity index (χ4v) is 3.35. The van der Waals surface area contributed by atoms with Crippen molar-refractivity contribution in [2.45, 2.75) is 13.8 Å². The van der Waals surface area contributed by atoms with Crippen LogP contribution in [0.4, 0.5) is 0 Å². The van der Waals surface area contributed by atoms with Crippen molar-refractivity contribution in [1.29, 1.82) is 5.26 Å². The first-order valence-corrected chi connectivity index (χ1v) is 9.69. The van der Waals surface area contributed by atoms with Gasteiger partial charge < -0.3 is 14.6 Å². The molecule has 3 rings (SSSR count). The molecule has 1 aromatic heterocycles. The number of pyridine rings is 1. The van der Waals surface area contributed by atoms with E-state index in [1.807, 2.05) is 13.0 Å². The molecule has 2 aromatic carbocycles. The zero-order valence-electron chi connectivity index (χ0n) is 17.7. The second-order valence-electron chi connectivity index (χ2n) is 6.80. The third-order valence-electron chi connectivity index (χ3n) is 4.83. The van der Waals surface area contributed by atoms with E-state index in [2.05, 4.69) is 0 Å². The number of aromatic hydroxyl groups is 1. The van der Waals surface area contributed by atoms with Crippen molar-refractivity contribution in [3.8, 4) is 28.8 Å². The first-order chi connectivity index (χ1) is 15.3. The van der Waals surface area contributed by atoms with Gasteiger partial charge in [-0.05, 0) is 31.5 Å². The summed E-state index contributed by atoms with van der Waals surface area (Å²) in [6.07, 6.45) is 0. The second kappa shape index (κ2) is 9.18. The van der Waals surface area contributed by atoms with Crippen LogP contribution in [0.3, 0.4) is 0 Å². The first-order valence-electron chi connectivity index (χ1n) is 9.69. The Morgan fingerprint density at radius 3 is 2.34 bits per heavy atom. The number of methoxy groups -OCH3 is 1. The predicted molar refractivity (Wildman–Crippen MR) is 116 cm³/mol. The van der Waals surface area contributed by atoms with Crippen LogP contribution < -0.4 is 5.56 Å². The Balaban J connectivity index is 2.49. The average Bonchev–Trinajstić information content (AvgIpc) is 2.79. The van der Waals surface area contributed by atoms with Crippen LogP contribution in [-0.4, -0.2) is 35.3 Å². The van der Waals surface area contributed by atoms with Crippen molar-refractivity contribution in [2.24, 2.45) is 0 Å². The van der Waals surface area contributed by atoms with Crippen LogP contribution in [-0.2, 0) is 9.47 Å². The zero-order chi connectivity index (χ0) is 23.4. The quantitative estimate of drug-likeness (QED) is 0.614. The molecule has 8 heteroatoms. The minimum atomic E-state index is -0.915. The summed E-state index contributed by atoms with van der Waals surface area (Å²) in [6.45, 7) is 3.46. The fourth-order valence-electron chi connectivity index (χ4n) is 3.35. The standard InChI is InChI=1S/C24H20N2O6/c1-4-32-24(30)20-19(15-11-9-14(2)10-12-15)17(13-25)21(27)26(22(20)28)18-8-6-5-7-16(18)23(29)31-3/h5-12,28H,4H2,1-3H3. The average molecular weight is 432 g/mol. The largest absolute Gasteiger partial charge is 0.493 e. The highest BCUT2D eigenvalue weighted by atomic mass is 16.5. The van der Waals surface area contributed by atoms with Crippen molar-refractivity contribution in [3.63, 3.8) is 0 Å². The van der Waals surface area contributed by atoms with Gasteiger partial charge in [0.1, 0.15) is 17.2 Å². The highest BCUT2D eigenvalue weighted by Gasteiger charge is 2.30. The summed E-state index contributed by atoms with van der Waals surface area (Å²) in [5, 5.41) is 21.0. The lowest BCUT2D eigenvalue weighted by Gasteiger charge is -2.18. The number of para-hydroxylation sites is 1. The molecule has 0 amide bonds. The minimum absolute atomic E-state index is 0.00533. The van der Waals surface area contributed by atoms with E-state index in [0.29, 0.717) is 5.56 Å². The van der Waals surface area contributed by atoms with Gasteiger partial charge in [-0.25, -0.2) is 14.2 Å². The van der Waals surface area contributed by atoms with Crippen LogP contribution >= 0.6 is 0 Å². The van der Waals surface area contributed by atoms with Gasteiger partial charge in [0.25, 0.3) is 5.56 Å². The molecular weight excluding hydrogens is 412 g/mol. The van der Waals surface area contributed by atoms with E-state index in [4.69, 9.17) is 9.47 Å². The van der Waals surface area contributed by atoms with E-state index in [9.17, 15) is 24.8 Å². The van der Waals surface area contributed by atoms with Crippen molar-refractivity contribution in [2.75, 3.05) is 13.7 Å². The number of carbonyl (C=O) groups is 2. The molecule has 0 saturated carbocycles. The third-order valence-corrected chi connectivity index (χ3v) is 4.83. The summed E-state index contributed by atoms with van der Waals surface area (Å²) in [6, 6.07) is 14.5.